The summed E-state index contributed by atoms with van der Waals surface area (Å²) >= 11 is 1.29. The first-order chi connectivity index (χ1) is 8.24. The molecule has 1 N–H and O–H groups in total. The van der Waals surface area contributed by atoms with E-state index in [-0.39, 0.29) is 5.91 Å². The van der Waals surface area contributed by atoms with Crippen LogP contribution in [0.5, 0.6) is 0 Å². The van der Waals surface area contributed by atoms with Crippen LogP contribution in [0, 0.1) is 6.92 Å². The van der Waals surface area contributed by atoms with Crippen molar-refractivity contribution < 1.29 is 9.21 Å². The van der Waals surface area contributed by atoms with Crippen LogP contribution in [0.15, 0.2) is 9.64 Å². The summed E-state index contributed by atoms with van der Waals surface area (Å²) in [6.45, 7) is 1.74. The Bertz CT molecular complexity index is 375. The predicted molar refractivity (Wildman–Crippen MR) is 64.8 cm³/mol. The van der Waals surface area contributed by atoms with Gasteiger partial charge >= 0.3 is 0 Å². The van der Waals surface area contributed by atoms with E-state index in [0.717, 1.165) is 12.8 Å². The van der Waals surface area contributed by atoms with Gasteiger partial charge in [-0.25, -0.2) is 0 Å². The molecule has 1 fully saturated rings. The number of amides is 1. The second kappa shape index (κ2) is 6.05. The van der Waals surface area contributed by atoms with E-state index < -0.39 is 0 Å². The van der Waals surface area contributed by atoms with Crippen molar-refractivity contribution in [3.05, 3.63) is 5.89 Å². The van der Waals surface area contributed by atoms with Gasteiger partial charge < -0.3 is 9.73 Å². The molecule has 1 aliphatic carbocycles. The van der Waals surface area contributed by atoms with Crippen molar-refractivity contribution in [3.8, 4) is 0 Å². The molecule has 1 heterocycles. The molecule has 0 radical (unpaired) electrons. The van der Waals surface area contributed by atoms with Crippen LogP contribution in [-0.2, 0) is 4.79 Å². The zero-order valence-electron chi connectivity index (χ0n) is 9.94. The molecular weight excluding hydrogens is 238 g/mol. The molecule has 1 amide bonds. The normalized spacial score (nSPS) is 17.0. The molecule has 0 bridgehead atoms. The van der Waals surface area contributed by atoms with Crippen molar-refractivity contribution in [2.75, 3.05) is 5.75 Å². The Hall–Kier alpha value is -1.04. The molecule has 0 aliphatic heterocycles. The van der Waals surface area contributed by atoms with Crippen LogP contribution in [0.2, 0.25) is 0 Å². The minimum atomic E-state index is 0.0535. The van der Waals surface area contributed by atoms with Gasteiger partial charge in [-0.15, -0.1) is 10.2 Å². The number of aryl methyl sites for hydroxylation is 1. The molecule has 2 rings (SSSR count). The Labute approximate surface area is 105 Å². The molecule has 0 atom stereocenters. The highest BCUT2D eigenvalue weighted by atomic mass is 32.2. The lowest BCUT2D eigenvalue weighted by Gasteiger charge is -2.22. The van der Waals surface area contributed by atoms with Crippen molar-refractivity contribution in [2.24, 2.45) is 0 Å². The summed E-state index contributed by atoms with van der Waals surface area (Å²) in [5, 5.41) is 11.0. The second-order valence-electron chi connectivity index (χ2n) is 4.28. The molecular formula is C11H17N3O2S. The predicted octanol–water partition coefficient (Wildman–Crippen LogP) is 1.92. The lowest BCUT2D eigenvalue weighted by molar-refractivity contribution is -0.119. The van der Waals surface area contributed by atoms with Crippen molar-refractivity contribution in [1.29, 1.82) is 0 Å². The topological polar surface area (TPSA) is 68.0 Å². The zero-order chi connectivity index (χ0) is 12.1. The fourth-order valence-electron chi connectivity index (χ4n) is 1.98. The van der Waals surface area contributed by atoms with E-state index in [1.54, 1.807) is 6.92 Å². The monoisotopic (exact) mass is 255 g/mol. The first-order valence-corrected chi connectivity index (χ1v) is 6.95. The van der Waals surface area contributed by atoms with Gasteiger partial charge in [0.1, 0.15) is 0 Å². The SMILES string of the molecule is Cc1nnc(SCC(=O)NC2CCCCC2)o1. The summed E-state index contributed by atoms with van der Waals surface area (Å²) in [7, 11) is 0. The molecule has 0 unspecified atom stereocenters. The highest BCUT2D eigenvalue weighted by Gasteiger charge is 2.16. The largest absolute Gasteiger partial charge is 0.416 e. The van der Waals surface area contributed by atoms with Crippen molar-refractivity contribution in [2.45, 2.75) is 50.3 Å². The average molecular weight is 255 g/mol. The van der Waals surface area contributed by atoms with Crippen LogP contribution in [-0.4, -0.2) is 27.9 Å². The summed E-state index contributed by atoms with van der Waals surface area (Å²) in [6, 6.07) is 0.362. The molecule has 6 heteroatoms. The number of rotatable bonds is 4. The number of hydrogen-bond acceptors (Lipinski definition) is 5. The van der Waals surface area contributed by atoms with Crippen molar-refractivity contribution in [3.63, 3.8) is 0 Å². The van der Waals surface area contributed by atoms with Gasteiger partial charge in [0.25, 0.3) is 5.22 Å². The third-order valence-electron chi connectivity index (χ3n) is 2.80. The van der Waals surface area contributed by atoms with Crippen molar-refractivity contribution in [1.82, 2.24) is 15.5 Å². The lowest BCUT2D eigenvalue weighted by Crippen LogP contribution is -2.37. The standard InChI is InChI=1S/C11H17N3O2S/c1-8-13-14-11(16-8)17-7-10(15)12-9-5-3-2-4-6-9/h9H,2-7H2,1H3,(H,12,15). The molecule has 94 valence electrons. The lowest BCUT2D eigenvalue weighted by atomic mass is 9.95. The Morgan fingerprint density at radius 1 is 1.41 bits per heavy atom. The van der Waals surface area contributed by atoms with E-state index in [0.29, 0.717) is 22.9 Å². The van der Waals surface area contributed by atoms with Crippen LogP contribution in [0.4, 0.5) is 0 Å². The van der Waals surface area contributed by atoms with Crippen LogP contribution < -0.4 is 5.32 Å². The summed E-state index contributed by atoms with van der Waals surface area (Å²) in [5.41, 5.74) is 0. The number of aromatic nitrogens is 2. The Morgan fingerprint density at radius 3 is 2.82 bits per heavy atom. The zero-order valence-corrected chi connectivity index (χ0v) is 10.8. The smallest absolute Gasteiger partial charge is 0.277 e. The van der Waals surface area contributed by atoms with Crippen LogP contribution in [0.3, 0.4) is 0 Å². The highest BCUT2D eigenvalue weighted by Crippen LogP contribution is 2.18. The number of carbonyl (C=O) groups excluding carboxylic acids is 1. The fraction of sp³-hybridized carbons (Fsp3) is 0.727. The minimum absolute atomic E-state index is 0.0535. The second-order valence-corrected chi connectivity index (χ2v) is 5.20. The molecule has 5 nitrogen and oxygen atoms in total. The van der Waals surface area contributed by atoms with Gasteiger partial charge in [0.05, 0.1) is 5.75 Å². The number of carbonyl (C=O) groups is 1. The molecule has 0 saturated heterocycles. The van der Waals surface area contributed by atoms with Gasteiger partial charge in [0.15, 0.2) is 0 Å². The van der Waals surface area contributed by atoms with E-state index in [2.05, 4.69) is 15.5 Å². The maximum atomic E-state index is 11.7. The van der Waals surface area contributed by atoms with Gasteiger partial charge in [-0.3, -0.25) is 4.79 Å². The summed E-state index contributed by atoms with van der Waals surface area (Å²) in [4.78, 5) is 11.7. The third-order valence-corrected chi connectivity index (χ3v) is 3.62. The summed E-state index contributed by atoms with van der Waals surface area (Å²) in [6.07, 6.45) is 5.95. The molecule has 0 aromatic carbocycles. The first-order valence-electron chi connectivity index (χ1n) is 5.96. The fourth-order valence-corrected chi connectivity index (χ4v) is 2.60. The summed E-state index contributed by atoms with van der Waals surface area (Å²) in [5.74, 6) is 0.927. The third kappa shape index (κ3) is 4.03. The van der Waals surface area contributed by atoms with Crippen LogP contribution in [0.25, 0.3) is 0 Å². The average Bonchev–Trinajstić information content (AvgIpc) is 2.74. The first kappa shape index (κ1) is 12.4. The minimum Gasteiger partial charge on any atom is -0.416 e. The molecule has 0 spiro atoms. The van der Waals surface area contributed by atoms with E-state index in [1.807, 2.05) is 0 Å². The molecule has 1 aromatic heterocycles. The van der Waals surface area contributed by atoms with E-state index in [1.165, 1.54) is 31.0 Å². The summed E-state index contributed by atoms with van der Waals surface area (Å²) < 4.78 is 5.18. The van der Waals surface area contributed by atoms with Gasteiger partial charge in [-0.1, -0.05) is 31.0 Å². The maximum absolute atomic E-state index is 11.7. The Balaban J connectivity index is 1.70. The molecule has 1 aliphatic rings. The van der Waals surface area contributed by atoms with E-state index >= 15 is 0 Å². The number of hydrogen-bond donors (Lipinski definition) is 1. The number of thioether (sulfide) groups is 1. The molecule has 17 heavy (non-hydrogen) atoms. The van der Waals surface area contributed by atoms with Crippen LogP contribution >= 0.6 is 11.8 Å². The Morgan fingerprint density at radius 2 is 2.18 bits per heavy atom. The van der Waals surface area contributed by atoms with Gasteiger partial charge in [-0.05, 0) is 12.8 Å². The van der Waals surface area contributed by atoms with Crippen molar-refractivity contribution >= 4 is 17.7 Å². The van der Waals surface area contributed by atoms with E-state index in [4.69, 9.17) is 4.42 Å². The van der Waals surface area contributed by atoms with Gasteiger partial charge in [0.2, 0.25) is 11.8 Å². The molecule has 1 saturated carbocycles. The van der Waals surface area contributed by atoms with Gasteiger partial charge in [0, 0.05) is 13.0 Å². The Kier molecular flexibility index (Phi) is 4.42. The highest BCUT2D eigenvalue weighted by molar-refractivity contribution is 7.99. The maximum Gasteiger partial charge on any atom is 0.277 e. The number of nitrogens with zero attached hydrogens (tertiary/aromatic N) is 2. The molecule has 1 aromatic rings. The van der Waals surface area contributed by atoms with E-state index in [9.17, 15) is 4.79 Å². The number of nitrogens with one attached hydrogen (secondary N) is 1. The quantitative estimate of drug-likeness (QED) is 0.832. The van der Waals surface area contributed by atoms with Gasteiger partial charge in [-0.2, -0.15) is 0 Å². The van der Waals surface area contributed by atoms with Crippen LogP contribution in [0.1, 0.15) is 38.0 Å².